The lowest BCUT2D eigenvalue weighted by molar-refractivity contribution is 0.475. The van der Waals surface area contributed by atoms with Gasteiger partial charge < -0.3 is 5.11 Å². The summed E-state index contributed by atoms with van der Waals surface area (Å²) in [6.07, 6.45) is 1.66. The highest BCUT2D eigenvalue weighted by Gasteiger charge is 2.04. The molecule has 0 spiro atoms. The van der Waals surface area contributed by atoms with E-state index in [0.717, 1.165) is 27.6 Å². The van der Waals surface area contributed by atoms with Crippen molar-refractivity contribution in [3.05, 3.63) is 71.3 Å². The minimum atomic E-state index is 0.227. The molecule has 0 amide bonds. The molecule has 0 fully saturated rings. The number of aromatic hydroxyl groups is 1. The molecule has 3 rings (SSSR count). The first kappa shape index (κ1) is 14.1. The maximum absolute atomic E-state index is 10.1. The zero-order valence-corrected chi connectivity index (χ0v) is 12.7. The predicted octanol–water partition coefficient (Wildman–Crippen LogP) is 4.61. The van der Waals surface area contributed by atoms with Crippen LogP contribution in [-0.4, -0.2) is 11.3 Å². The van der Waals surface area contributed by atoms with Crippen LogP contribution in [0.4, 0.5) is 5.69 Å². The van der Waals surface area contributed by atoms with Crippen LogP contribution in [0, 0.1) is 13.8 Å². The van der Waals surface area contributed by atoms with E-state index in [0.29, 0.717) is 0 Å². The molecule has 3 heteroatoms. The van der Waals surface area contributed by atoms with Gasteiger partial charge >= 0.3 is 0 Å². The van der Waals surface area contributed by atoms with Crippen molar-refractivity contribution in [2.75, 3.05) is 5.43 Å². The number of aryl methyl sites for hydroxylation is 2. The Kier molecular flexibility index (Phi) is 3.79. The number of anilines is 1. The first-order chi connectivity index (χ1) is 10.6. The number of rotatable bonds is 3. The second-order valence-corrected chi connectivity index (χ2v) is 5.41. The second kappa shape index (κ2) is 5.90. The number of phenols is 1. The largest absolute Gasteiger partial charge is 0.507 e. The molecular weight excluding hydrogens is 272 g/mol. The van der Waals surface area contributed by atoms with Crippen molar-refractivity contribution in [2.24, 2.45) is 5.10 Å². The number of hydrogen-bond donors (Lipinski definition) is 2. The summed E-state index contributed by atoms with van der Waals surface area (Å²) in [5.74, 6) is 0.227. The molecule has 0 radical (unpaired) electrons. The summed E-state index contributed by atoms with van der Waals surface area (Å²) in [7, 11) is 0. The highest BCUT2D eigenvalue weighted by molar-refractivity contribution is 6.02. The Balaban J connectivity index is 1.91. The Morgan fingerprint density at radius 3 is 2.64 bits per heavy atom. The summed E-state index contributed by atoms with van der Waals surface area (Å²) in [5, 5.41) is 16.4. The van der Waals surface area contributed by atoms with E-state index in [-0.39, 0.29) is 5.75 Å². The molecule has 0 aromatic heterocycles. The summed E-state index contributed by atoms with van der Waals surface area (Å²) in [6, 6.07) is 17.7. The van der Waals surface area contributed by atoms with Crippen LogP contribution in [0.5, 0.6) is 5.75 Å². The Morgan fingerprint density at radius 2 is 1.82 bits per heavy atom. The third-order valence-corrected chi connectivity index (χ3v) is 3.71. The Labute approximate surface area is 129 Å². The topological polar surface area (TPSA) is 44.6 Å². The van der Waals surface area contributed by atoms with Gasteiger partial charge in [-0.3, -0.25) is 5.43 Å². The molecular formula is C19H18N2O. The molecule has 0 bridgehead atoms. The first-order valence-electron chi connectivity index (χ1n) is 7.22. The van der Waals surface area contributed by atoms with E-state index in [1.165, 1.54) is 5.56 Å². The number of hydrogen-bond acceptors (Lipinski definition) is 3. The molecule has 3 nitrogen and oxygen atoms in total. The zero-order valence-electron chi connectivity index (χ0n) is 12.7. The lowest BCUT2D eigenvalue weighted by Gasteiger charge is -2.07. The van der Waals surface area contributed by atoms with E-state index < -0.39 is 0 Å². The summed E-state index contributed by atoms with van der Waals surface area (Å²) >= 11 is 0. The molecule has 3 aromatic carbocycles. The van der Waals surface area contributed by atoms with Crippen LogP contribution in [0.1, 0.15) is 16.7 Å². The van der Waals surface area contributed by atoms with E-state index in [9.17, 15) is 5.11 Å². The van der Waals surface area contributed by atoms with Crippen molar-refractivity contribution in [1.29, 1.82) is 0 Å². The molecule has 3 aromatic rings. The van der Waals surface area contributed by atoms with Crippen LogP contribution in [0.2, 0.25) is 0 Å². The van der Waals surface area contributed by atoms with Gasteiger partial charge in [-0.05, 0) is 42.3 Å². The van der Waals surface area contributed by atoms with E-state index in [4.69, 9.17) is 0 Å². The number of benzene rings is 3. The molecule has 0 aliphatic carbocycles. The lowest BCUT2D eigenvalue weighted by atomic mass is 10.0. The molecule has 110 valence electrons. The molecule has 0 unspecified atom stereocenters. The number of nitrogens with zero attached hydrogens (tertiary/aromatic N) is 1. The van der Waals surface area contributed by atoms with E-state index in [1.807, 2.05) is 49.4 Å². The number of phenolic OH excluding ortho intramolecular Hbond substituents is 1. The third kappa shape index (κ3) is 2.79. The molecule has 0 aliphatic heterocycles. The second-order valence-electron chi connectivity index (χ2n) is 5.41. The van der Waals surface area contributed by atoms with Crippen LogP contribution >= 0.6 is 0 Å². The average Bonchev–Trinajstić information content (AvgIpc) is 2.51. The maximum Gasteiger partial charge on any atom is 0.125 e. The fourth-order valence-electron chi connectivity index (χ4n) is 2.53. The van der Waals surface area contributed by atoms with Gasteiger partial charge in [0.15, 0.2) is 0 Å². The van der Waals surface area contributed by atoms with Crippen LogP contribution in [-0.2, 0) is 0 Å². The van der Waals surface area contributed by atoms with Gasteiger partial charge in [0.1, 0.15) is 5.75 Å². The van der Waals surface area contributed by atoms with Gasteiger partial charge in [0.2, 0.25) is 0 Å². The maximum atomic E-state index is 10.1. The summed E-state index contributed by atoms with van der Waals surface area (Å²) in [5.41, 5.74) is 7.08. The number of hydrazone groups is 1. The average molecular weight is 290 g/mol. The van der Waals surface area contributed by atoms with Crippen LogP contribution in [0.25, 0.3) is 10.8 Å². The van der Waals surface area contributed by atoms with E-state index in [1.54, 1.807) is 12.3 Å². The summed E-state index contributed by atoms with van der Waals surface area (Å²) in [4.78, 5) is 0. The van der Waals surface area contributed by atoms with Gasteiger partial charge in [0.25, 0.3) is 0 Å². The smallest absolute Gasteiger partial charge is 0.125 e. The van der Waals surface area contributed by atoms with Crippen molar-refractivity contribution in [1.82, 2.24) is 0 Å². The molecule has 0 saturated carbocycles. The van der Waals surface area contributed by atoms with E-state index >= 15 is 0 Å². The Bertz CT molecular complexity index is 853. The third-order valence-electron chi connectivity index (χ3n) is 3.71. The van der Waals surface area contributed by atoms with Crippen LogP contribution < -0.4 is 5.43 Å². The highest BCUT2D eigenvalue weighted by Crippen LogP contribution is 2.25. The number of nitrogens with one attached hydrogen (secondary N) is 1. The standard InChI is InChI=1S/C19H18N2O/c1-13-7-9-18(14(2)11-13)21-20-12-17-16-6-4-3-5-15(16)8-10-19(17)22/h3-12,21-22H,1-2H3/b20-12+. The first-order valence-corrected chi connectivity index (χ1v) is 7.22. The Hall–Kier alpha value is -2.81. The minimum Gasteiger partial charge on any atom is -0.507 e. The quantitative estimate of drug-likeness (QED) is 0.546. The van der Waals surface area contributed by atoms with Crippen LogP contribution in [0.3, 0.4) is 0 Å². The zero-order chi connectivity index (χ0) is 15.5. The normalized spacial score (nSPS) is 11.2. The monoisotopic (exact) mass is 290 g/mol. The van der Waals surface area contributed by atoms with Crippen molar-refractivity contribution in [3.8, 4) is 5.75 Å². The Morgan fingerprint density at radius 1 is 1.00 bits per heavy atom. The van der Waals surface area contributed by atoms with Crippen molar-refractivity contribution >= 4 is 22.7 Å². The van der Waals surface area contributed by atoms with Crippen molar-refractivity contribution in [3.63, 3.8) is 0 Å². The molecule has 2 N–H and O–H groups in total. The van der Waals surface area contributed by atoms with Gasteiger partial charge in [-0.15, -0.1) is 0 Å². The summed E-state index contributed by atoms with van der Waals surface area (Å²) in [6.45, 7) is 4.11. The van der Waals surface area contributed by atoms with Gasteiger partial charge in [-0.1, -0.05) is 48.0 Å². The summed E-state index contributed by atoms with van der Waals surface area (Å²) < 4.78 is 0. The van der Waals surface area contributed by atoms with E-state index in [2.05, 4.69) is 23.5 Å². The van der Waals surface area contributed by atoms with Crippen molar-refractivity contribution in [2.45, 2.75) is 13.8 Å². The molecule has 22 heavy (non-hydrogen) atoms. The SMILES string of the molecule is Cc1ccc(N/N=C/c2c(O)ccc3ccccc23)c(C)c1. The number of fused-ring (bicyclic) bond motifs is 1. The molecule has 0 atom stereocenters. The van der Waals surface area contributed by atoms with Gasteiger partial charge in [0.05, 0.1) is 11.9 Å². The lowest BCUT2D eigenvalue weighted by Crippen LogP contribution is -1.94. The predicted molar refractivity (Wildman–Crippen MR) is 92.7 cm³/mol. The van der Waals surface area contributed by atoms with Gasteiger partial charge in [-0.2, -0.15) is 5.10 Å². The molecule has 0 aliphatic rings. The fraction of sp³-hybridized carbons (Fsp3) is 0.105. The van der Waals surface area contributed by atoms with Gasteiger partial charge in [-0.25, -0.2) is 0 Å². The van der Waals surface area contributed by atoms with Crippen molar-refractivity contribution < 1.29 is 5.11 Å². The minimum absolute atomic E-state index is 0.227. The van der Waals surface area contributed by atoms with Crippen LogP contribution in [0.15, 0.2) is 59.7 Å². The van der Waals surface area contributed by atoms with Gasteiger partial charge in [0, 0.05) is 5.56 Å². The fourth-order valence-corrected chi connectivity index (χ4v) is 2.53. The molecule has 0 saturated heterocycles. The highest BCUT2D eigenvalue weighted by atomic mass is 16.3. The molecule has 0 heterocycles.